The highest BCUT2D eigenvalue weighted by Crippen LogP contribution is 1.46. The molecule has 0 aliphatic rings. The van der Waals surface area contributed by atoms with Gasteiger partial charge in [0.15, 0.2) is 0 Å². The Balaban J connectivity index is -0.00000000296. The molecule has 0 aliphatic carbocycles. The summed E-state index contributed by atoms with van der Waals surface area (Å²) in [5.74, 6) is 0. The Bertz CT molecular complexity index is 70.0. The third-order valence-electron chi connectivity index (χ3n) is 0. The summed E-state index contributed by atoms with van der Waals surface area (Å²) in [5, 5.41) is 17.3. The molecule has 0 rings (SSSR count). The van der Waals surface area contributed by atoms with Crippen LogP contribution in [0.3, 0.4) is 0 Å². The van der Waals surface area contributed by atoms with Gasteiger partial charge in [-0.1, -0.05) is 69.8 Å². The van der Waals surface area contributed by atoms with Gasteiger partial charge in [-0.05, 0) is 0 Å². The third-order valence-corrected chi connectivity index (χ3v) is 0. The van der Waals surface area contributed by atoms with Crippen molar-refractivity contribution in [3.8, 4) is 10.8 Å². The first-order valence-electron chi connectivity index (χ1n) is 0.894. The molecule has 4 heteroatoms. The summed E-state index contributed by atoms with van der Waals surface area (Å²) >= 11 is 6.19. The van der Waals surface area contributed by atoms with Crippen molar-refractivity contribution < 1.29 is 0 Å². The second kappa shape index (κ2) is 355. The SMILES string of the molecule is C.C.C.C.C.C.N#CS.N#CS. The predicted octanol–water partition coefficient (Wildman–Crippen LogP) is 4.61. The summed E-state index contributed by atoms with van der Waals surface area (Å²) in [6, 6.07) is 0. The molecule has 0 aromatic heterocycles. The molecule has 0 N–H and O–H groups in total. The van der Waals surface area contributed by atoms with Crippen LogP contribution in [0.4, 0.5) is 0 Å². The Morgan fingerprint density at radius 2 is 0.583 bits per heavy atom. The molecule has 0 atom stereocenters. The van der Waals surface area contributed by atoms with Gasteiger partial charge in [-0.25, -0.2) is 0 Å². The van der Waals surface area contributed by atoms with Crippen LogP contribution in [0.5, 0.6) is 0 Å². The molecule has 0 bridgehead atoms. The van der Waals surface area contributed by atoms with Crippen LogP contribution in [0.25, 0.3) is 0 Å². The molecular weight excluding hydrogens is 188 g/mol. The fraction of sp³-hybridized carbons (Fsp3) is 0.750. The van der Waals surface area contributed by atoms with E-state index in [4.69, 9.17) is 10.5 Å². The van der Waals surface area contributed by atoms with E-state index >= 15 is 0 Å². The number of thiocyanates is 2. The van der Waals surface area contributed by atoms with Crippen LogP contribution in [0.2, 0.25) is 0 Å². The van der Waals surface area contributed by atoms with E-state index in [2.05, 4.69) is 25.3 Å². The molecule has 0 heterocycles. The lowest BCUT2D eigenvalue weighted by atomic mass is 11.8. The summed E-state index contributed by atoms with van der Waals surface area (Å²) in [6.45, 7) is 0. The van der Waals surface area contributed by atoms with Gasteiger partial charge in [-0.15, -0.1) is 0 Å². The minimum Gasteiger partial charge on any atom is -0.185 e. The van der Waals surface area contributed by atoms with E-state index in [1.54, 1.807) is 0 Å². The van der Waals surface area contributed by atoms with Crippen molar-refractivity contribution in [2.24, 2.45) is 0 Å². The predicted molar refractivity (Wildman–Crippen MR) is 69.6 cm³/mol. The van der Waals surface area contributed by atoms with Gasteiger partial charge >= 0.3 is 0 Å². The summed E-state index contributed by atoms with van der Waals surface area (Å²) < 4.78 is 0. The average molecular weight is 214 g/mol. The fourth-order valence-electron chi connectivity index (χ4n) is 0. The zero-order valence-corrected chi connectivity index (χ0v) is 4.58. The number of nitrogens with zero attached hydrogens (tertiary/aromatic N) is 2. The normalized spacial score (nSPS) is 1.33. The van der Waals surface area contributed by atoms with Crippen LogP contribution in [0.15, 0.2) is 0 Å². The molecule has 0 aromatic carbocycles. The van der Waals surface area contributed by atoms with E-state index in [0.29, 0.717) is 0 Å². The lowest BCUT2D eigenvalue weighted by Crippen LogP contribution is -0.961. The van der Waals surface area contributed by atoms with Crippen LogP contribution >= 0.6 is 25.3 Å². The van der Waals surface area contributed by atoms with Gasteiger partial charge in [0.25, 0.3) is 0 Å². The molecule has 0 fully saturated rings. The van der Waals surface area contributed by atoms with Crippen molar-refractivity contribution >= 4 is 25.3 Å². The van der Waals surface area contributed by atoms with E-state index in [1.165, 1.54) is 10.8 Å². The largest absolute Gasteiger partial charge is 0.185 e. The quantitative estimate of drug-likeness (QED) is 0.457. The van der Waals surface area contributed by atoms with Crippen molar-refractivity contribution in [1.29, 1.82) is 10.5 Å². The molecule has 0 radical (unpaired) electrons. The lowest BCUT2D eigenvalue weighted by Gasteiger charge is -1.14. The maximum Gasteiger partial charge on any atom is 0.130 e. The van der Waals surface area contributed by atoms with Crippen LogP contribution < -0.4 is 0 Å². The summed E-state index contributed by atoms with van der Waals surface area (Å²) in [4.78, 5) is 0. The van der Waals surface area contributed by atoms with Crippen LogP contribution in [-0.4, -0.2) is 0 Å². The highest BCUT2D eigenvalue weighted by Gasteiger charge is 1.18. The van der Waals surface area contributed by atoms with E-state index in [9.17, 15) is 0 Å². The lowest BCUT2D eigenvalue weighted by molar-refractivity contribution is 1.57. The van der Waals surface area contributed by atoms with Gasteiger partial charge in [-0.3, -0.25) is 0 Å². The number of thiol groups is 2. The Morgan fingerprint density at radius 3 is 0.583 bits per heavy atom. The fourth-order valence-corrected chi connectivity index (χ4v) is 0. The van der Waals surface area contributed by atoms with Crippen molar-refractivity contribution in [2.75, 3.05) is 0 Å². The number of nitriles is 2. The first kappa shape index (κ1) is 98.4. The smallest absolute Gasteiger partial charge is 0.130 e. The highest BCUT2D eigenvalue weighted by atomic mass is 32.1. The minimum absolute atomic E-state index is 0. The van der Waals surface area contributed by atoms with Gasteiger partial charge in [0, 0.05) is 0 Å². The molecule has 0 amide bonds. The first-order chi connectivity index (χ1) is 2.83. The highest BCUT2D eigenvalue weighted by molar-refractivity contribution is 7.85. The monoisotopic (exact) mass is 214 g/mol. The van der Waals surface area contributed by atoms with Crippen molar-refractivity contribution in [2.45, 2.75) is 44.6 Å². The number of hydrogen-bond donors (Lipinski definition) is 2. The molecule has 0 aromatic rings. The number of hydrogen-bond acceptors (Lipinski definition) is 4. The van der Waals surface area contributed by atoms with Gasteiger partial charge in [0.1, 0.15) is 10.8 Å². The molecule has 0 spiro atoms. The second-order valence-corrected chi connectivity index (χ2v) is 0.600. The average Bonchev–Trinajstić information content (AvgIpc) is 1.39. The van der Waals surface area contributed by atoms with Crippen LogP contribution in [0, 0.1) is 21.3 Å². The molecule has 80 valence electrons. The third kappa shape index (κ3) is 7120. The number of rotatable bonds is 0. The molecule has 12 heavy (non-hydrogen) atoms. The van der Waals surface area contributed by atoms with E-state index < -0.39 is 0 Å². The maximum absolute atomic E-state index is 7.18. The minimum atomic E-state index is 0. The van der Waals surface area contributed by atoms with Gasteiger partial charge in [-0.2, -0.15) is 10.5 Å². The van der Waals surface area contributed by atoms with Crippen molar-refractivity contribution in [3.63, 3.8) is 0 Å². The van der Waals surface area contributed by atoms with Crippen molar-refractivity contribution in [3.05, 3.63) is 0 Å². The second-order valence-electron chi connectivity index (χ2n) is 0.200. The van der Waals surface area contributed by atoms with Crippen LogP contribution in [0.1, 0.15) is 44.6 Å². The zero-order valence-electron chi connectivity index (χ0n) is 2.79. The van der Waals surface area contributed by atoms with E-state index in [1.807, 2.05) is 0 Å². The van der Waals surface area contributed by atoms with Gasteiger partial charge in [0.2, 0.25) is 0 Å². The zero-order chi connectivity index (χ0) is 5.41. The summed E-state index contributed by atoms with van der Waals surface area (Å²) in [7, 11) is 0. The molecule has 2 nitrogen and oxygen atoms in total. The summed E-state index contributed by atoms with van der Waals surface area (Å²) in [5.41, 5.74) is 0. The van der Waals surface area contributed by atoms with Crippen molar-refractivity contribution in [1.82, 2.24) is 0 Å². The summed E-state index contributed by atoms with van der Waals surface area (Å²) in [6.07, 6.45) is 0. The van der Waals surface area contributed by atoms with Gasteiger partial charge in [0.05, 0.1) is 0 Å². The molecule has 0 unspecified atom stereocenters. The maximum atomic E-state index is 7.18. The van der Waals surface area contributed by atoms with E-state index in [0.717, 1.165) is 0 Å². The molecule has 0 aliphatic heterocycles. The molecule has 0 saturated carbocycles. The standard InChI is InChI=1S/2CHNS.6CH4/c2*2-1-3;;;;;;/h2*3H;6*1H4. The molecule has 0 saturated heterocycles. The Morgan fingerprint density at radius 1 is 0.583 bits per heavy atom. The van der Waals surface area contributed by atoms with E-state index in [-0.39, 0.29) is 44.6 Å². The Kier molecular flexibility index (Phi) is 2910. The van der Waals surface area contributed by atoms with Crippen LogP contribution in [-0.2, 0) is 0 Å². The Hall–Kier alpha value is -0.320. The first-order valence-corrected chi connectivity index (χ1v) is 1.79. The molecular formula is C8H26N2S2. The topological polar surface area (TPSA) is 47.6 Å². The Labute approximate surface area is 91.4 Å². The van der Waals surface area contributed by atoms with Gasteiger partial charge < -0.3 is 0 Å².